The number of hydrogen-bond donors (Lipinski definition) is 1. The van der Waals surface area contributed by atoms with E-state index in [1.54, 1.807) is 0 Å². The summed E-state index contributed by atoms with van der Waals surface area (Å²) in [6, 6.07) is 9.12. The molecule has 14 heavy (non-hydrogen) atoms. The van der Waals surface area contributed by atoms with Crippen molar-refractivity contribution >= 4 is 11.8 Å². The molecule has 0 amide bonds. The summed E-state index contributed by atoms with van der Waals surface area (Å²) in [5.74, 6) is 1.14. The Morgan fingerprint density at radius 2 is 1.93 bits per heavy atom. The third-order valence-electron chi connectivity index (χ3n) is 2.12. The summed E-state index contributed by atoms with van der Waals surface area (Å²) >= 11 is 1.88. The molecular weight excluding hydrogens is 190 g/mol. The molecule has 0 aromatic heterocycles. The van der Waals surface area contributed by atoms with Crippen LogP contribution in [-0.4, -0.2) is 11.8 Å². The minimum Gasteiger partial charge on any atom is -0.328 e. The first-order valence-corrected chi connectivity index (χ1v) is 6.18. The average molecular weight is 209 g/mol. The van der Waals surface area contributed by atoms with Gasteiger partial charge in [-0.1, -0.05) is 19.1 Å². The molecule has 78 valence electrons. The van der Waals surface area contributed by atoms with Crippen LogP contribution in [0.2, 0.25) is 0 Å². The largest absolute Gasteiger partial charge is 0.328 e. The Balaban J connectivity index is 2.46. The van der Waals surface area contributed by atoms with Crippen molar-refractivity contribution in [1.82, 2.24) is 0 Å². The van der Waals surface area contributed by atoms with E-state index in [2.05, 4.69) is 38.1 Å². The van der Waals surface area contributed by atoms with Gasteiger partial charge in [0.1, 0.15) is 0 Å². The van der Waals surface area contributed by atoms with Crippen LogP contribution in [0, 0.1) is 0 Å². The van der Waals surface area contributed by atoms with Gasteiger partial charge in [-0.15, -0.1) is 11.8 Å². The maximum Gasteiger partial charge on any atom is 0.00720 e. The average Bonchev–Trinajstić information content (AvgIpc) is 2.17. The van der Waals surface area contributed by atoms with Gasteiger partial charge in [-0.3, -0.25) is 0 Å². The minimum atomic E-state index is 0.305. The van der Waals surface area contributed by atoms with Crippen molar-refractivity contribution in [2.45, 2.75) is 37.6 Å². The van der Waals surface area contributed by atoms with Crippen molar-refractivity contribution in [3.63, 3.8) is 0 Å². The van der Waals surface area contributed by atoms with Gasteiger partial charge in [0.2, 0.25) is 0 Å². The number of aryl methyl sites for hydroxylation is 1. The van der Waals surface area contributed by atoms with E-state index in [0.29, 0.717) is 6.04 Å². The predicted octanol–water partition coefficient (Wildman–Crippen LogP) is 3.08. The molecule has 0 radical (unpaired) electrons. The Morgan fingerprint density at radius 1 is 1.29 bits per heavy atom. The van der Waals surface area contributed by atoms with Gasteiger partial charge < -0.3 is 5.73 Å². The van der Waals surface area contributed by atoms with Gasteiger partial charge in [0.15, 0.2) is 0 Å². The summed E-state index contributed by atoms with van der Waals surface area (Å²) in [5.41, 5.74) is 7.11. The van der Waals surface area contributed by atoms with E-state index in [-0.39, 0.29) is 0 Å². The molecule has 0 spiro atoms. The second kappa shape index (κ2) is 6.10. The summed E-state index contributed by atoms with van der Waals surface area (Å²) in [4.78, 5) is 1.36. The molecule has 1 rings (SSSR count). The highest BCUT2D eigenvalue weighted by Crippen LogP contribution is 2.18. The number of hydrogen-bond acceptors (Lipinski definition) is 2. The van der Waals surface area contributed by atoms with Gasteiger partial charge >= 0.3 is 0 Å². The highest BCUT2D eigenvalue weighted by molar-refractivity contribution is 7.99. The molecule has 2 heteroatoms. The normalized spacial score (nSPS) is 12.8. The summed E-state index contributed by atoms with van der Waals surface area (Å²) in [6.07, 6.45) is 2.16. The van der Waals surface area contributed by atoms with E-state index >= 15 is 0 Å². The van der Waals surface area contributed by atoms with Crippen molar-refractivity contribution in [1.29, 1.82) is 0 Å². The topological polar surface area (TPSA) is 26.0 Å². The Bertz CT molecular complexity index is 254. The molecule has 1 aromatic carbocycles. The molecule has 0 bridgehead atoms. The Labute approximate surface area is 91.1 Å². The summed E-state index contributed by atoms with van der Waals surface area (Å²) < 4.78 is 0. The van der Waals surface area contributed by atoms with E-state index in [9.17, 15) is 0 Å². The first-order chi connectivity index (χ1) is 6.72. The van der Waals surface area contributed by atoms with E-state index < -0.39 is 0 Å². The molecule has 1 unspecified atom stereocenters. The van der Waals surface area contributed by atoms with Crippen molar-refractivity contribution in [2.24, 2.45) is 5.73 Å². The number of thioether (sulfide) groups is 1. The molecule has 0 fully saturated rings. The lowest BCUT2D eigenvalue weighted by atomic mass is 10.1. The summed E-state index contributed by atoms with van der Waals surface area (Å²) in [7, 11) is 0. The fraction of sp³-hybridized carbons (Fsp3) is 0.500. The van der Waals surface area contributed by atoms with Gasteiger partial charge in [0.25, 0.3) is 0 Å². The first kappa shape index (κ1) is 11.6. The zero-order valence-corrected chi connectivity index (χ0v) is 9.81. The van der Waals surface area contributed by atoms with E-state index in [4.69, 9.17) is 5.73 Å². The van der Waals surface area contributed by atoms with Crippen molar-refractivity contribution in [3.8, 4) is 0 Å². The van der Waals surface area contributed by atoms with Gasteiger partial charge in [0, 0.05) is 10.9 Å². The number of nitrogens with two attached hydrogens (primary N) is 1. The molecule has 0 aliphatic heterocycles. The molecule has 1 aromatic rings. The zero-order valence-electron chi connectivity index (χ0n) is 8.99. The molecule has 0 heterocycles. The van der Waals surface area contributed by atoms with Gasteiger partial charge in [-0.2, -0.15) is 0 Å². The standard InChI is InChI=1S/C12H19NS/c1-3-14-12-8-6-11(7-9-12)5-4-10(2)13/h6-10H,3-5,13H2,1-2H3. The van der Waals surface area contributed by atoms with E-state index in [1.807, 2.05) is 11.8 Å². The quantitative estimate of drug-likeness (QED) is 0.754. The maximum absolute atomic E-state index is 5.71. The van der Waals surface area contributed by atoms with Crippen molar-refractivity contribution < 1.29 is 0 Å². The third-order valence-corrected chi connectivity index (χ3v) is 3.02. The molecule has 0 saturated heterocycles. The van der Waals surface area contributed by atoms with Crippen LogP contribution in [0.5, 0.6) is 0 Å². The lowest BCUT2D eigenvalue weighted by Crippen LogP contribution is -2.15. The molecule has 2 N–H and O–H groups in total. The van der Waals surface area contributed by atoms with Gasteiger partial charge in [0.05, 0.1) is 0 Å². The lowest BCUT2D eigenvalue weighted by Gasteiger charge is -2.05. The lowest BCUT2D eigenvalue weighted by molar-refractivity contribution is 0.666. The number of rotatable bonds is 5. The first-order valence-electron chi connectivity index (χ1n) is 5.19. The van der Waals surface area contributed by atoms with Crippen LogP contribution < -0.4 is 5.73 Å². The molecule has 1 nitrogen and oxygen atoms in total. The van der Waals surface area contributed by atoms with E-state index in [1.165, 1.54) is 10.5 Å². The molecule has 0 aliphatic carbocycles. The predicted molar refractivity (Wildman–Crippen MR) is 64.8 cm³/mol. The number of benzene rings is 1. The van der Waals surface area contributed by atoms with Crippen LogP contribution >= 0.6 is 11.8 Å². The smallest absolute Gasteiger partial charge is 0.00720 e. The van der Waals surface area contributed by atoms with Crippen LogP contribution in [0.3, 0.4) is 0 Å². The molecular formula is C12H19NS. The molecule has 0 saturated carbocycles. The summed E-state index contributed by atoms with van der Waals surface area (Å²) in [6.45, 7) is 4.23. The van der Waals surface area contributed by atoms with Crippen molar-refractivity contribution in [2.75, 3.05) is 5.75 Å². The minimum absolute atomic E-state index is 0.305. The van der Waals surface area contributed by atoms with Crippen LogP contribution in [0.1, 0.15) is 25.8 Å². The fourth-order valence-electron chi connectivity index (χ4n) is 1.31. The van der Waals surface area contributed by atoms with Crippen LogP contribution in [0.15, 0.2) is 29.2 Å². The Hall–Kier alpha value is -0.470. The Kier molecular flexibility index (Phi) is 5.05. The molecule has 0 aliphatic rings. The zero-order chi connectivity index (χ0) is 10.4. The third kappa shape index (κ3) is 4.16. The highest BCUT2D eigenvalue weighted by Gasteiger charge is 1.97. The summed E-state index contributed by atoms with van der Waals surface area (Å²) in [5, 5.41) is 0. The SMILES string of the molecule is CCSc1ccc(CCC(C)N)cc1. The van der Waals surface area contributed by atoms with Crippen LogP contribution in [0.25, 0.3) is 0 Å². The fourth-order valence-corrected chi connectivity index (χ4v) is 1.98. The van der Waals surface area contributed by atoms with E-state index in [0.717, 1.165) is 18.6 Å². The maximum atomic E-state index is 5.71. The van der Waals surface area contributed by atoms with Gasteiger partial charge in [-0.25, -0.2) is 0 Å². The Morgan fingerprint density at radius 3 is 2.43 bits per heavy atom. The van der Waals surface area contributed by atoms with Crippen LogP contribution in [-0.2, 0) is 6.42 Å². The van der Waals surface area contributed by atoms with Gasteiger partial charge in [-0.05, 0) is 43.2 Å². The van der Waals surface area contributed by atoms with Crippen LogP contribution in [0.4, 0.5) is 0 Å². The second-order valence-corrected chi connectivity index (χ2v) is 4.93. The highest BCUT2D eigenvalue weighted by atomic mass is 32.2. The molecule has 1 atom stereocenters. The monoisotopic (exact) mass is 209 g/mol. The van der Waals surface area contributed by atoms with Crippen molar-refractivity contribution in [3.05, 3.63) is 29.8 Å². The second-order valence-electron chi connectivity index (χ2n) is 3.59.